The molecule has 1 aromatic carbocycles. The van der Waals surface area contributed by atoms with E-state index < -0.39 is 0 Å². The van der Waals surface area contributed by atoms with Gasteiger partial charge in [0.1, 0.15) is 0 Å². The Balaban J connectivity index is 2.83. The quantitative estimate of drug-likeness (QED) is 0.793. The van der Waals surface area contributed by atoms with Crippen LogP contribution in [-0.2, 0) is 4.79 Å². The van der Waals surface area contributed by atoms with Gasteiger partial charge in [0.2, 0.25) is 5.91 Å². The molecule has 0 bridgehead atoms. The Morgan fingerprint density at radius 3 is 2.47 bits per heavy atom. The van der Waals surface area contributed by atoms with E-state index in [0.29, 0.717) is 30.0 Å². The highest BCUT2D eigenvalue weighted by Crippen LogP contribution is 2.17. The molecular formula is C14H19NO2. The number of amides is 1. The molecule has 0 saturated carbocycles. The Hall–Kier alpha value is -1.64. The van der Waals surface area contributed by atoms with Gasteiger partial charge in [-0.25, -0.2) is 0 Å². The molecule has 0 atom stereocenters. The van der Waals surface area contributed by atoms with E-state index in [0.717, 1.165) is 0 Å². The van der Waals surface area contributed by atoms with Gasteiger partial charge in [0.15, 0.2) is 5.78 Å². The largest absolute Gasteiger partial charge is 0.325 e. The Morgan fingerprint density at radius 1 is 1.24 bits per heavy atom. The minimum atomic E-state index is -0.0450. The smallest absolute Gasteiger partial charge is 0.224 e. The molecule has 0 heterocycles. The summed E-state index contributed by atoms with van der Waals surface area (Å²) in [7, 11) is 0. The summed E-state index contributed by atoms with van der Waals surface area (Å²) in [5.41, 5.74) is 1.21. The van der Waals surface area contributed by atoms with Crippen LogP contribution in [0.25, 0.3) is 0 Å². The zero-order chi connectivity index (χ0) is 12.8. The summed E-state index contributed by atoms with van der Waals surface area (Å²) in [5, 5.41) is 2.80. The first-order chi connectivity index (χ1) is 8.04. The van der Waals surface area contributed by atoms with Gasteiger partial charge in [-0.05, 0) is 18.1 Å². The van der Waals surface area contributed by atoms with Crippen LogP contribution >= 0.6 is 0 Å². The lowest BCUT2D eigenvalue weighted by atomic mass is 10.1. The number of benzene rings is 1. The number of ketones is 1. The molecule has 92 valence electrons. The number of carbonyl (C=O) groups excluding carboxylic acids is 2. The molecule has 3 nitrogen and oxygen atoms in total. The Kier molecular flexibility index (Phi) is 4.88. The lowest BCUT2D eigenvalue weighted by Gasteiger charge is -2.10. The van der Waals surface area contributed by atoms with E-state index in [9.17, 15) is 9.59 Å². The topological polar surface area (TPSA) is 46.2 Å². The number of hydrogen-bond acceptors (Lipinski definition) is 2. The average Bonchev–Trinajstić information content (AvgIpc) is 2.27. The second-order valence-electron chi connectivity index (χ2n) is 4.47. The highest BCUT2D eigenvalue weighted by atomic mass is 16.1. The Labute approximate surface area is 102 Å². The van der Waals surface area contributed by atoms with Crippen LogP contribution < -0.4 is 5.32 Å². The van der Waals surface area contributed by atoms with Gasteiger partial charge < -0.3 is 5.32 Å². The van der Waals surface area contributed by atoms with Crippen LogP contribution in [-0.4, -0.2) is 11.7 Å². The summed E-state index contributed by atoms with van der Waals surface area (Å²) in [6.07, 6.45) is 0.908. The summed E-state index contributed by atoms with van der Waals surface area (Å²) in [6.45, 7) is 5.79. The summed E-state index contributed by atoms with van der Waals surface area (Å²) >= 11 is 0. The van der Waals surface area contributed by atoms with Crippen molar-refractivity contribution in [3.05, 3.63) is 29.8 Å². The minimum Gasteiger partial charge on any atom is -0.325 e. The van der Waals surface area contributed by atoms with Crippen LogP contribution in [0.5, 0.6) is 0 Å². The van der Waals surface area contributed by atoms with E-state index in [-0.39, 0.29) is 11.7 Å². The lowest BCUT2D eigenvalue weighted by molar-refractivity contribution is -0.116. The SMILES string of the molecule is CCC(=O)c1ccccc1NC(=O)CC(C)C. The molecule has 0 unspecified atom stereocenters. The monoisotopic (exact) mass is 233 g/mol. The Morgan fingerprint density at radius 2 is 1.88 bits per heavy atom. The first-order valence-corrected chi connectivity index (χ1v) is 5.96. The second-order valence-corrected chi connectivity index (χ2v) is 4.47. The van der Waals surface area contributed by atoms with Gasteiger partial charge in [-0.15, -0.1) is 0 Å². The summed E-state index contributed by atoms with van der Waals surface area (Å²) in [6, 6.07) is 7.14. The Bertz CT molecular complexity index is 410. The molecule has 3 heteroatoms. The fourth-order valence-corrected chi connectivity index (χ4v) is 1.60. The van der Waals surface area contributed by atoms with Crippen LogP contribution in [0.15, 0.2) is 24.3 Å². The van der Waals surface area contributed by atoms with Crippen LogP contribution in [0, 0.1) is 5.92 Å². The van der Waals surface area contributed by atoms with E-state index in [1.807, 2.05) is 26.8 Å². The number of rotatable bonds is 5. The zero-order valence-electron chi connectivity index (χ0n) is 10.6. The van der Waals surface area contributed by atoms with Gasteiger partial charge in [0.05, 0.1) is 5.69 Å². The molecule has 1 N–H and O–H groups in total. The molecule has 0 aliphatic rings. The number of hydrogen-bond donors (Lipinski definition) is 1. The van der Waals surface area contributed by atoms with Crippen molar-refractivity contribution in [3.8, 4) is 0 Å². The van der Waals surface area contributed by atoms with Crippen molar-refractivity contribution in [1.29, 1.82) is 0 Å². The van der Waals surface area contributed by atoms with E-state index in [1.54, 1.807) is 18.2 Å². The molecular weight excluding hydrogens is 214 g/mol. The van der Waals surface area contributed by atoms with Gasteiger partial charge in [-0.1, -0.05) is 32.9 Å². The van der Waals surface area contributed by atoms with Gasteiger partial charge >= 0.3 is 0 Å². The van der Waals surface area contributed by atoms with E-state index in [4.69, 9.17) is 0 Å². The van der Waals surface area contributed by atoms with E-state index in [2.05, 4.69) is 5.32 Å². The molecule has 0 fully saturated rings. The van der Waals surface area contributed by atoms with Crippen LogP contribution in [0.2, 0.25) is 0 Å². The third-order valence-electron chi connectivity index (χ3n) is 2.42. The fourth-order valence-electron chi connectivity index (χ4n) is 1.60. The predicted molar refractivity (Wildman–Crippen MR) is 69.1 cm³/mol. The molecule has 0 aromatic heterocycles. The van der Waals surface area contributed by atoms with E-state index in [1.165, 1.54) is 0 Å². The molecule has 1 rings (SSSR count). The molecule has 0 aliphatic carbocycles. The number of nitrogens with one attached hydrogen (secondary N) is 1. The lowest BCUT2D eigenvalue weighted by Crippen LogP contribution is -2.16. The first-order valence-electron chi connectivity index (χ1n) is 5.96. The van der Waals surface area contributed by atoms with Gasteiger partial charge in [-0.2, -0.15) is 0 Å². The minimum absolute atomic E-state index is 0.0450. The van der Waals surface area contributed by atoms with Gasteiger partial charge in [-0.3, -0.25) is 9.59 Å². The molecule has 1 aromatic rings. The van der Waals surface area contributed by atoms with Crippen molar-refractivity contribution in [2.24, 2.45) is 5.92 Å². The normalized spacial score (nSPS) is 10.4. The maximum atomic E-state index is 11.7. The van der Waals surface area contributed by atoms with Crippen LogP contribution in [0.4, 0.5) is 5.69 Å². The highest BCUT2D eigenvalue weighted by molar-refractivity contribution is 6.04. The third kappa shape index (κ3) is 4.02. The van der Waals surface area contributed by atoms with Crippen molar-refractivity contribution in [2.75, 3.05) is 5.32 Å². The third-order valence-corrected chi connectivity index (χ3v) is 2.42. The van der Waals surface area contributed by atoms with Gasteiger partial charge in [0.25, 0.3) is 0 Å². The summed E-state index contributed by atoms with van der Waals surface area (Å²) < 4.78 is 0. The summed E-state index contributed by atoms with van der Waals surface area (Å²) in [5.74, 6) is 0.311. The van der Waals surface area contributed by atoms with Gasteiger partial charge in [0, 0.05) is 18.4 Å². The molecule has 0 spiro atoms. The van der Waals surface area contributed by atoms with Crippen molar-refractivity contribution in [2.45, 2.75) is 33.6 Å². The first kappa shape index (κ1) is 13.4. The maximum Gasteiger partial charge on any atom is 0.224 e. The summed E-state index contributed by atoms with van der Waals surface area (Å²) in [4.78, 5) is 23.4. The molecule has 1 amide bonds. The van der Waals surface area contributed by atoms with Crippen LogP contribution in [0.3, 0.4) is 0 Å². The van der Waals surface area contributed by atoms with Crippen LogP contribution in [0.1, 0.15) is 44.0 Å². The number of anilines is 1. The maximum absolute atomic E-state index is 11.7. The van der Waals surface area contributed by atoms with E-state index >= 15 is 0 Å². The fraction of sp³-hybridized carbons (Fsp3) is 0.429. The number of Topliss-reactive ketones (excluding diaryl/α,β-unsaturated/α-hetero) is 1. The van der Waals surface area contributed by atoms with Crippen molar-refractivity contribution >= 4 is 17.4 Å². The second kappa shape index (κ2) is 6.18. The molecule has 0 aliphatic heterocycles. The number of carbonyl (C=O) groups is 2. The zero-order valence-corrected chi connectivity index (χ0v) is 10.6. The van der Waals surface area contributed by atoms with Crippen molar-refractivity contribution < 1.29 is 9.59 Å². The highest BCUT2D eigenvalue weighted by Gasteiger charge is 2.11. The number of para-hydroxylation sites is 1. The predicted octanol–water partition coefficient (Wildman–Crippen LogP) is 3.26. The molecule has 0 saturated heterocycles. The standard InChI is InChI=1S/C14H19NO2/c1-4-13(16)11-7-5-6-8-12(11)15-14(17)9-10(2)3/h5-8,10H,4,9H2,1-3H3,(H,15,17). The van der Waals surface area contributed by atoms with Crippen molar-refractivity contribution in [1.82, 2.24) is 0 Å². The van der Waals surface area contributed by atoms with Crippen molar-refractivity contribution in [3.63, 3.8) is 0 Å². The molecule has 17 heavy (non-hydrogen) atoms. The molecule has 0 radical (unpaired) electrons. The average molecular weight is 233 g/mol.